The van der Waals surface area contributed by atoms with Crippen LogP contribution in [0.5, 0.6) is 0 Å². The fraction of sp³-hybridized carbons (Fsp3) is 0.500. The number of nitrogens with one attached hydrogen (secondary N) is 1. The van der Waals surface area contributed by atoms with Crippen molar-refractivity contribution in [2.24, 2.45) is 0 Å². The summed E-state index contributed by atoms with van der Waals surface area (Å²) in [6.45, 7) is 3.54. The van der Waals surface area contributed by atoms with Gasteiger partial charge in [0.05, 0.1) is 11.2 Å². The van der Waals surface area contributed by atoms with Gasteiger partial charge in [-0.1, -0.05) is 11.6 Å². The first-order chi connectivity index (χ1) is 6.80. The predicted octanol–water partition coefficient (Wildman–Crippen LogP) is 2.97. The van der Waals surface area contributed by atoms with Crippen molar-refractivity contribution >= 4 is 17.5 Å². The topological polar surface area (TPSA) is 37.8 Å². The minimum atomic E-state index is -4.56. The maximum absolute atomic E-state index is 12.4. The Morgan fingerprint density at radius 1 is 1.40 bits per heavy atom. The molecule has 0 unspecified atom stereocenters. The Bertz CT molecular complexity index is 351. The highest BCUT2D eigenvalue weighted by atomic mass is 35.5. The lowest BCUT2D eigenvalue weighted by Crippen LogP contribution is -2.16. The summed E-state index contributed by atoms with van der Waals surface area (Å²) in [6.07, 6.45) is -3.63. The van der Waals surface area contributed by atoms with E-state index >= 15 is 0 Å². The Hall–Kier alpha value is -1.04. The third-order valence-corrected chi connectivity index (χ3v) is 1.71. The normalized spacial score (nSPS) is 11.9. The van der Waals surface area contributed by atoms with Crippen molar-refractivity contribution in [2.45, 2.75) is 26.1 Å². The standard InChI is InChI=1S/C8H9ClF3N3/c1-4(2)14-7-13-3-5(9)6(15-7)8(10,11)12/h3-4H,1-2H3,(H,13,14,15). The molecule has 84 valence electrons. The lowest BCUT2D eigenvalue weighted by Gasteiger charge is -2.11. The molecule has 7 heteroatoms. The van der Waals surface area contributed by atoms with Crippen molar-refractivity contribution < 1.29 is 13.2 Å². The Labute approximate surface area is 89.7 Å². The highest BCUT2D eigenvalue weighted by molar-refractivity contribution is 6.31. The highest BCUT2D eigenvalue weighted by Gasteiger charge is 2.35. The van der Waals surface area contributed by atoms with Crippen molar-refractivity contribution in [3.63, 3.8) is 0 Å². The second kappa shape index (κ2) is 4.22. The molecule has 0 saturated carbocycles. The summed E-state index contributed by atoms with van der Waals surface area (Å²) in [7, 11) is 0. The molecule has 1 rings (SSSR count). The molecular formula is C8H9ClF3N3. The van der Waals surface area contributed by atoms with Crippen molar-refractivity contribution in [3.8, 4) is 0 Å². The van der Waals surface area contributed by atoms with Crippen LogP contribution in [0.15, 0.2) is 6.20 Å². The van der Waals surface area contributed by atoms with Gasteiger partial charge in [0.2, 0.25) is 5.95 Å². The van der Waals surface area contributed by atoms with E-state index in [1.54, 1.807) is 13.8 Å². The number of hydrogen-bond donors (Lipinski definition) is 1. The number of halogens is 4. The SMILES string of the molecule is CC(C)Nc1ncc(Cl)c(C(F)(F)F)n1. The van der Waals surface area contributed by atoms with Gasteiger partial charge in [-0.25, -0.2) is 9.97 Å². The van der Waals surface area contributed by atoms with Crippen LogP contribution in [0.4, 0.5) is 19.1 Å². The van der Waals surface area contributed by atoms with E-state index in [1.807, 2.05) is 0 Å². The molecule has 0 bridgehead atoms. The van der Waals surface area contributed by atoms with Crippen molar-refractivity contribution in [1.82, 2.24) is 9.97 Å². The molecule has 0 aliphatic heterocycles. The molecule has 1 N–H and O–H groups in total. The van der Waals surface area contributed by atoms with Crippen LogP contribution < -0.4 is 5.32 Å². The van der Waals surface area contributed by atoms with Crippen molar-refractivity contribution in [1.29, 1.82) is 0 Å². The van der Waals surface area contributed by atoms with E-state index in [1.165, 1.54) is 0 Å². The lowest BCUT2D eigenvalue weighted by atomic mass is 10.4. The molecule has 0 spiro atoms. The number of nitrogens with zero attached hydrogens (tertiary/aromatic N) is 2. The summed E-state index contributed by atoms with van der Waals surface area (Å²) in [4.78, 5) is 6.94. The summed E-state index contributed by atoms with van der Waals surface area (Å²) < 4.78 is 37.1. The molecule has 15 heavy (non-hydrogen) atoms. The van der Waals surface area contributed by atoms with Crippen LogP contribution in [-0.4, -0.2) is 16.0 Å². The quantitative estimate of drug-likeness (QED) is 0.862. The van der Waals surface area contributed by atoms with E-state index in [-0.39, 0.29) is 12.0 Å². The number of alkyl halides is 3. The fourth-order valence-corrected chi connectivity index (χ4v) is 1.09. The molecule has 0 atom stereocenters. The van der Waals surface area contributed by atoms with E-state index in [0.29, 0.717) is 0 Å². The van der Waals surface area contributed by atoms with Gasteiger partial charge in [-0.2, -0.15) is 13.2 Å². The minimum Gasteiger partial charge on any atom is -0.352 e. The molecule has 0 aliphatic carbocycles. The van der Waals surface area contributed by atoms with Gasteiger partial charge < -0.3 is 5.32 Å². The van der Waals surface area contributed by atoms with Crippen molar-refractivity contribution in [3.05, 3.63) is 16.9 Å². The molecule has 1 heterocycles. The molecule has 0 fully saturated rings. The molecule has 0 aliphatic rings. The van der Waals surface area contributed by atoms with Crippen molar-refractivity contribution in [2.75, 3.05) is 5.32 Å². The van der Waals surface area contributed by atoms with Crippen LogP contribution in [0.2, 0.25) is 5.02 Å². The van der Waals surface area contributed by atoms with Gasteiger partial charge in [0.25, 0.3) is 0 Å². The third kappa shape index (κ3) is 3.23. The summed E-state index contributed by atoms with van der Waals surface area (Å²) in [5.74, 6) is -0.0817. The monoisotopic (exact) mass is 239 g/mol. The maximum atomic E-state index is 12.4. The summed E-state index contributed by atoms with van der Waals surface area (Å²) >= 11 is 5.34. The zero-order chi connectivity index (χ0) is 11.6. The largest absolute Gasteiger partial charge is 0.435 e. The van der Waals surface area contributed by atoms with Gasteiger partial charge in [0.1, 0.15) is 0 Å². The molecule has 0 aromatic carbocycles. The zero-order valence-corrected chi connectivity index (χ0v) is 8.82. The van der Waals surface area contributed by atoms with Gasteiger partial charge in [-0.3, -0.25) is 0 Å². The second-order valence-corrected chi connectivity index (χ2v) is 3.59. The van der Waals surface area contributed by atoms with Crippen LogP contribution in [0.25, 0.3) is 0 Å². The van der Waals surface area contributed by atoms with E-state index in [2.05, 4.69) is 15.3 Å². The summed E-state index contributed by atoms with van der Waals surface area (Å²) in [5, 5.41) is 2.16. The molecule has 0 radical (unpaired) electrons. The van der Waals surface area contributed by atoms with E-state index in [0.717, 1.165) is 6.20 Å². The second-order valence-electron chi connectivity index (χ2n) is 3.19. The van der Waals surface area contributed by atoms with Crippen LogP contribution in [-0.2, 0) is 6.18 Å². The minimum absolute atomic E-state index is 0.0488. The Kier molecular flexibility index (Phi) is 3.38. The Morgan fingerprint density at radius 3 is 2.47 bits per heavy atom. The van der Waals surface area contributed by atoms with E-state index in [9.17, 15) is 13.2 Å². The number of aromatic nitrogens is 2. The van der Waals surface area contributed by atoms with Crippen LogP contribution >= 0.6 is 11.6 Å². The first kappa shape index (κ1) is 12.0. The smallest absolute Gasteiger partial charge is 0.352 e. The van der Waals surface area contributed by atoms with E-state index < -0.39 is 16.9 Å². The van der Waals surface area contributed by atoms with Crippen LogP contribution in [0, 0.1) is 0 Å². The number of rotatable bonds is 2. The maximum Gasteiger partial charge on any atom is 0.435 e. The zero-order valence-electron chi connectivity index (χ0n) is 8.06. The fourth-order valence-electron chi connectivity index (χ4n) is 0.894. The number of hydrogen-bond acceptors (Lipinski definition) is 3. The predicted molar refractivity (Wildman–Crippen MR) is 50.8 cm³/mol. The first-order valence-corrected chi connectivity index (χ1v) is 4.54. The molecular weight excluding hydrogens is 231 g/mol. The third-order valence-electron chi connectivity index (χ3n) is 1.43. The molecule has 0 saturated heterocycles. The molecule has 1 aromatic heterocycles. The molecule has 1 aromatic rings. The van der Waals surface area contributed by atoms with Gasteiger partial charge in [0.15, 0.2) is 5.69 Å². The highest BCUT2D eigenvalue weighted by Crippen LogP contribution is 2.32. The van der Waals surface area contributed by atoms with Gasteiger partial charge >= 0.3 is 6.18 Å². The Morgan fingerprint density at radius 2 is 2.00 bits per heavy atom. The lowest BCUT2D eigenvalue weighted by molar-refractivity contribution is -0.141. The molecule has 0 amide bonds. The summed E-state index contributed by atoms with van der Waals surface area (Å²) in [5.41, 5.74) is -1.12. The van der Waals surface area contributed by atoms with Gasteiger partial charge in [-0.05, 0) is 13.8 Å². The van der Waals surface area contributed by atoms with Crippen LogP contribution in [0.3, 0.4) is 0 Å². The van der Waals surface area contributed by atoms with E-state index in [4.69, 9.17) is 11.6 Å². The summed E-state index contributed by atoms with van der Waals surface area (Å²) in [6, 6.07) is -0.0488. The van der Waals surface area contributed by atoms with Gasteiger partial charge in [0, 0.05) is 6.04 Å². The molecule has 3 nitrogen and oxygen atoms in total. The first-order valence-electron chi connectivity index (χ1n) is 4.17. The average Bonchev–Trinajstić information content (AvgIpc) is 2.05. The Balaban J connectivity index is 3.06. The van der Waals surface area contributed by atoms with Gasteiger partial charge in [-0.15, -0.1) is 0 Å². The number of anilines is 1. The average molecular weight is 240 g/mol. The van der Waals surface area contributed by atoms with Crippen LogP contribution in [0.1, 0.15) is 19.5 Å².